The summed E-state index contributed by atoms with van der Waals surface area (Å²) >= 11 is 0. The number of ether oxygens (including phenoxy) is 3. The molecule has 3 aliphatic rings. The molecule has 2 aromatic heterocycles. The Morgan fingerprint density at radius 2 is 2.10 bits per heavy atom. The molecule has 1 saturated carbocycles. The van der Waals surface area contributed by atoms with Gasteiger partial charge >= 0.3 is 5.97 Å². The van der Waals surface area contributed by atoms with E-state index in [9.17, 15) is 9.59 Å². The number of hydrazine groups is 1. The molecule has 2 N–H and O–H groups in total. The van der Waals surface area contributed by atoms with Crippen LogP contribution in [0.15, 0.2) is 41.7 Å². The molecule has 0 spiro atoms. The third-order valence-corrected chi connectivity index (χ3v) is 5.71. The SMILES string of the molecule is O=C(OC1CCCC1)C1=C(NN2CCOCC2)OC(=Cc2c[nH]c3ncccc23)C1=O. The molecule has 1 aliphatic carbocycles. The number of ketones is 1. The van der Waals surface area contributed by atoms with Gasteiger partial charge in [-0.1, -0.05) is 0 Å². The fraction of sp³-hybridized carbons (Fsp3) is 0.409. The highest BCUT2D eigenvalue weighted by Gasteiger charge is 2.39. The van der Waals surface area contributed by atoms with Gasteiger partial charge < -0.3 is 19.2 Å². The van der Waals surface area contributed by atoms with Crippen LogP contribution in [0.5, 0.6) is 0 Å². The van der Waals surface area contributed by atoms with Crippen LogP contribution in [0.2, 0.25) is 0 Å². The number of nitrogens with zero attached hydrogens (tertiary/aromatic N) is 2. The lowest BCUT2D eigenvalue weighted by molar-refractivity contribution is -0.144. The molecule has 4 heterocycles. The van der Waals surface area contributed by atoms with E-state index in [1.54, 1.807) is 18.5 Å². The molecule has 0 unspecified atom stereocenters. The molecule has 0 amide bonds. The standard InChI is InChI=1S/C22H24N4O5/c27-19-17(12-14-13-24-20-16(14)6-3-7-23-20)31-21(25-26-8-10-29-11-9-26)18(19)22(28)30-15-4-1-2-5-15/h3,6-7,12-13,15,25H,1-2,4-5,8-11H2,(H,23,24). The predicted molar refractivity (Wildman–Crippen MR) is 111 cm³/mol. The number of aromatic nitrogens is 2. The molecule has 2 aromatic rings. The fourth-order valence-electron chi connectivity index (χ4n) is 4.07. The van der Waals surface area contributed by atoms with Crippen LogP contribution in [0.25, 0.3) is 17.1 Å². The van der Waals surface area contributed by atoms with Crippen molar-refractivity contribution in [2.24, 2.45) is 0 Å². The van der Waals surface area contributed by atoms with Gasteiger partial charge in [0.2, 0.25) is 11.7 Å². The maximum absolute atomic E-state index is 13.2. The Hall–Kier alpha value is -3.17. The Labute approximate surface area is 179 Å². The van der Waals surface area contributed by atoms with Gasteiger partial charge in [0.25, 0.3) is 0 Å². The molecule has 0 bridgehead atoms. The number of pyridine rings is 1. The quantitative estimate of drug-likeness (QED) is 0.427. The van der Waals surface area contributed by atoms with Crippen LogP contribution >= 0.6 is 0 Å². The molecule has 2 aliphatic heterocycles. The lowest BCUT2D eigenvalue weighted by Gasteiger charge is -2.27. The number of hydrogen-bond acceptors (Lipinski definition) is 8. The summed E-state index contributed by atoms with van der Waals surface area (Å²) in [5.74, 6) is -0.952. The Bertz CT molecular complexity index is 1060. The first kappa shape index (κ1) is 19.8. The molecular formula is C22H24N4O5. The second-order valence-corrected chi connectivity index (χ2v) is 7.81. The Balaban J connectivity index is 1.43. The van der Waals surface area contributed by atoms with E-state index in [2.05, 4.69) is 15.4 Å². The number of esters is 1. The zero-order chi connectivity index (χ0) is 21.2. The summed E-state index contributed by atoms with van der Waals surface area (Å²) in [7, 11) is 0. The molecule has 162 valence electrons. The van der Waals surface area contributed by atoms with Gasteiger partial charge in [-0.25, -0.2) is 14.8 Å². The monoisotopic (exact) mass is 424 g/mol. The van der Waals surface area contributed by atoms with E-state index in [1.165, 1.54) is 0 Å². The summed E-state index contributed by atoms with van der Waals surface area (Å²) in [4.78, 5) is 33.4. The minimum Gasteiger partial charge on any atom is -0.459 e. The van der Waals surface area contributed by atoms with Crippen molar-refractivity contribution in [2.45, 2.75) is 31.8 Å². The highest BCUT2D eigenvalue weighted by Crippen LogP contribution is 2.30. The summed E-state index contributed by atoms with van der Waals surface area (Å²) in [5.41, 5.74) is 4.45. The summed E-state index contributed by atoms with van der Waals surface area (Å²) in [5, 5.41) is 2.73. The number of carbonyl (C=O) groups excluding carboxylic acids is 2. The molecule has 0 atom stereocenters. The van der Waals surface area contributed by atoms with Crippen molar-refractivity contribution in [3.8, 4) is 0 Å². The van der Waals surface area contributed by atoms with Gasteiger partial charge in [-0.15, -0.1) is 0 Å². The average Bonchev–Trinajstić information content (AvgIpc) is 3.50. The number of rotatable bonds is 5. The van der Waals surface area contributed by atoms with Crippen molar-refractivity contribution in [1.82, 2.24) is 20.4 Å². The molecule has 2 fully saturated rings. The normalized spacial score (nSPS) is 21.8. The van der Waals surface area contributed by atoms with Gasteiger partial charge in [0, 0.05) is 36.4 Å². The van der Waals surface area contributed by atoms with Gasteiger partial charge in [-0.05, 0) is 43.9 Å². The van der Waals surface area contributed by atoms with E-state index >= 15 is 0 Å². The first-order chi connectivity index (χ1) is 15.2. The van der Waals surface area contributed by atoms with Crippen LogP contribution in [-0.4, -0.2) is 59.1 Å². The molecule has 0 aromatic carbocycles. The van der Waals surface area contributed by atoms with Crippen LogP contribution in [0.3, 0.4) is 0 Å². The Morgan fingerprint density at radius 3 is 2.90 bits per heavy atom. The highest BCUT2D eigenvalue weighted by atomic mass is 16.6. The van der Waals surface area contributed by atoms with Gasteiger partial charge in [-0.2, -0.15) is 0 Å². The molecule has 5 rings (SSSR count). The van der Waals surface area contributed by atoms with Crippen molar-refractivity contribution >= 4 is 28.9 Å². The Morgan fingerprint density at radius 1 is 1.29 bits per heavy atom. The lowest BCUT2D eigenvalue weighted by Crippen LogP contribution is -2.45. The number of aromatic amines is 1. The van der Waals surface area contributed by atoms with Crippen molar-refractivity contribution in [2.75, 3.05) is 26.3 Å². The van der Waals surface area contributed by atoms with Crippen LogP contribution in [0.4, 0.5) is 0 Å². The first-order valence-electron chi connectivity index (χ1n) is 10.6. The molecule has 9 heteroatoms. The molecule has 1 saturated heterocycles. The third-order valence-electron chi connectivity index (χ3n) is 5.71. The lowest BCUT2D eigenvalue weighted by atomic mass is 10.1. The van der Waals surface area contributed by atoms with E-state index in [1.807, 2.05) is 17.1 Å². The van der Waals surface area contributed by atoms with E-state index in [-0.39, 0.29) is 23.3 Å². The van der Waals surface area contributed by atoms with Crippen molar-refractivity contribution in [1.29, 1.82) is 0 Å². The van der Waals surface area contributed by atoms with E-state index in [4.69, 9.17) is 14.2 Å². The minimum absolute atomic E-state index is 0.0684. The largest absolute Gasteiger partial charge is 0.459 e. The Kier molecular flexibility index (Phi) is 5.44. The number of allylic oxidation sites excluding steroid dienone is 1. The van der Waals surface area contributed by atoms with Gasteiger partial charge in [0.05, 0.1) is 13.2 Å². The smallest absolute Gasteiger partial charge is 0.348 e. The summed E-state index contributed by atoms with van der Waals surface area (Å²) in [6, 6.07) is 3.73. The number of fused-ring (bicyclic) bond motifs is 1. The number of nitrogens with one attached hydrogen (secondary N) is 2. The third kappa shape index (κ3) is 4.06. The maximum atomic E-state index is 13.2. The van der Waals surface area contributed by atoms with Crippen molar-refractivity contribution in [3.63, 3.8) is 0 Å². The van der Waals surface area contributed by atoms with Crippen LogP contribution in [-0.2, 0) is 23.8 Å². The molecular weight excluding hydrogens is 400 g/mol. The topological polar surface area (TPSA) is 106 Å². The van der Waals surface area contributed by atoms with E-state index in [0.717, 1.165) is 36.6 Å². The van der Waals surface area contributed by atoms with E-state index in [0.29, 0.717) is 32.0 Å². The van der Waals surface area contributed by atoms with Gasteiger partial charge in [0.15, 0.2) is 11.3 Å². The summed E-state index contributed by atoms with van der Waals surface area (Å²) in [6.07, 6.45) is 8.63. The van der Waals surface area contributed by atoms with E-state index < -0.39 is 11.8 Å². The first-order valence-corrected chi connectivity index (χ1v) is 10.6. The molecule has 9 nitrogen and oxygen atoms in total. The number of H-pyrrole nitrogens is 1. The number of hydrogen-bond donors (Lipinski definition) is 2. The average molecular weight is 424 g/mol. The zero-order valence-corrected chi connectivity index (χ0v) is 17.1. The second-order valence-electron chi connectivity index (χ2n) is 7.81. The second kappa shape index (κ2) is 8.52. The highest BCUT2D eigenvalue weighted by molar-refractivity contribution is 6.26. The predicted octanol–water partition coefficient (Wildman–Crippen LogP) is 2.04. The number of carbonyl (C=O) groups is 2. The summed E-state index contributed by atoms with van der Waals surface area (Å²) in [6.45, 7) is 2.33. The van der Waals surface area contributed by atoms with Gasteiger partial charge in [-0.3, -0.25) is 10.2 Å². The number of Topliss-reactive ketones (excluding diaryl/α,β-unsaturated/α-hetero) is 1. The van der Waals surface area contributed by atoms with Crippen LogP contribution < -0.4 is 5.43 Å². The molecule has 0 radical (unpaired) electrons. The van der Waals surface area contributed by atoms with Crippen LogP contribution in [0, 0.1) is 0 Å². The van der Waals surface area contributed by atoms with Crippen molar-refractivity contribution in [3.05, 3.63) is 47.3 Å². The van der Waals surface area contributed by atoms with Crippen LogP contribution in [0.1, 0.15) is 31.2 Å². The minimum atomic E-state index is -0.642. The maximum Gasteiger partial charge on any atom is 0.348 e. The fourth-order valence-corrected chi connectivity index (χ4v) is 4.07. The zero-order valence-electron chi connectivity index (χ0n) is 17.1. The molecule has 31 heavy (non-hydrogen) atoms. The van der Waals surface area contributed by atoms with Gasteiger partial charge in [0.1, 0.15) is 11.8 Å². The summed E-state index contributed by atoms with van der Waals surface area (Å²) < 4.78 is 16.8. The van der Waals surface area contributed by atoms with Crippen molar-refractivity contribution < 1.29 is 23.8 Å². The number of morpholine rings is 1.